The Bertz CT molecular complexity index is 3360. The molecule has 6 heteroatoms. The van der Waals surface area contributed by atoms with Crippen LogP contribution >= 0.6 is 0 Å². The molecule has 0 amide bonds. The van der Waals surface area contributed by atoms with Crippen molar-refractivity contribution in [3.8, 4) is 33.6 Å². The third-order valence-corrected chi connectivity index (χ3v) is 11.6. The predicted octanol–water partition coefficient (Wildman–Crippen LogP) is 13.7. The molecule has 0 unspecified atom stereocenters. The van der Waals surface area contributed by atoms with Crippen molar-refractivity contribution in [1.82, 2.24) is 19.5 Å². The first kappa shape index (κ1) is 38.7. The number of nitrogens with one attached hydrogen (secondary N) is 2. The zero-order chi connectivity index (χ0) is 41.9. The SMILES string of the molecule is C=CC=C.CC=N.N/C=C\C=C/Cn1c2ccc(-c3nccc4ccccc34)cc2c2cc3c(cc21)-c1cc2[nH]c4ccc(-c5nccc6ccccc56)cc4c2cc1CC3. The third-order valence-electron chi connectivity index (χ3n) is 11.6. The van der Waals surface area contributed by atoms with Crippen molar-refractivity contribution in [1.29, 1.82) is 5.41 Å². The molecule has 61 heavy (non-hydrogen) atoms. The summed E-state index contributed by atoms with van der Waals surface area (Å²) in [6.07, 6.45) is 18.0. The van der Waals surface area contributed by atoms with E-state index in [1.54, 1.807) is 25.3 Å². The van der Waals surface area contributed by atoms with Gasteiger partial charge in [-0.05, 0) is 132 Å². The normalized spacial score (nSPS) is 12.1. The quantitative estimate of drug-likeness (QED) is 0.116. The maximum atomic E-state index is 6.08. The van der Waals surface area contributed by atoms with Gasteiger partial charge in [0, 0.05) is 78.9 Å². The Balaban J connectivity index is 0.000000637. The van der Waals surface area contributed by atoms with Gasteiger partial charge in [-0.25, -0.2) is 0 Å². The number of nitrogens with zero attached hydrogens (tertiary/aromatic N) is 3. The summed E-state index contributed by atoms with van der Waals surface area (Å²) in [6.45, 7) is 9.12. The van der Waals surface area contributed by atoms with Crippen LogP contribution in [-0.4, -0.2) is 25.7 Å². The highest BCUT2D eigenvalue weighted by molar-refractivity contribution is 6.13. The van der Waals surface area contributed by atoms with Crippen LogP contribution in [0.3, 0.4) is 0 Å². The lowest BCUT2D eigenvalue weighted by Gasteiger charge is -2.21. The molecule has 6 nitrogen and oxygen atoms in total. The van der Waals surface area contributed by atoms with Crippen LogP contribution in [0.4, 0.5) is 0 Å². The fourth-order valence-electron chi connectivity index (χ4n) is 8.87. The summed E-state index contributed by atoms with van der Waals surface area (Å²) in [4.78, 5) is 13.4. The Labute approximate surface area is 355 Å². The molecular weight excluding hydrogens is 745 g/mol. The molecule has 296 valence electrons. The average Bonchev–Trinajstić information content (AvgIpc) is 3.82. The minimum atomic E-state index is 0.733. The van der Waals surface area contributed by atoms with E-state index in [9.17, 15) is 0 Å². The monoisotopic (exact) mass is 790 g/mol. The Hall–Kier alpha value is -7.83. The predicted molar refractivity (Wildman–Crippen MR) is 260 cm³/mol. The molecule has 4 N–H and O–H groups in total. The molecule has 0 saturated carbocycles. The topological polar surface area (TPSA) is 96.4 Å². The van der Waals surface area contributed by atoms with Gasteiger partial charge in [-0.15, -0.1) is 0 Å². The molecule has 1 aliphatic carbocycles. The molecule has 1 aliphatic rings. The van der Waals surface area contributed by atoms with Gasteiger partial charge in [-0.1, -0.05) is 98.1 Å². The molecule has 6 aromatic carbocycles. The number of aromatic amines is 1. The third kappa shape index (κ3) is 7.08. The van der Waals surface area contributed by atoms with E-state index in [0.717, 1.165) is 52.9 Å². The van der Waals surface area contributed by atoms with Crippen molar-refractivity contribution >= 4 is 71.4 Å². The summed E-state index contributed by atoms with van der Waals surface area (Å²) in [6, 6.07) is 44.4. The number of pyridine rings is 2. The van der Waals surface area contributed by atoms with Crippen molar-refractivity contribution in [2.75, 3.05) is 0 Å². The number of benzene rings is 6. The summed E-state index contributed by atoms with van der Waals surface area (Å²) < 4.78 is 2.44. The first-order valence-corrected chi connectivity index (χ1v) is 20.6. The summed E-state index contributed by atoms with van der Waals surface area (Å²) in [5, 5.41) is 15.8. The van der Waals surface area contributed by atoms with Gasteiger partial charge in [-0.3, -0.25) is 9.97 Å². The second-order valence-electron chi connectivity index (χ2n) is 15.1. The summed E-state index contributed by atoms with van der Waals surface area (Å²) in [5.74, 6) is 0. The number of rotatable bonds is 6. The lowest BCUT2D eigenvalue weighted by Crippen LogP contribution is -2.04. The molecule has 0 atom stereocenters. The zero-order valence-electron chi connectivity index (χ0n) is 34.2. The number of allylic oxidation sites excluding steroid dienone is 5. The van der Waals surface area contributed by atoms with E-state index in [-0.39, 0.29) is 0 Å². The number of aryl methyl sites for hydroxylation is 2. The second kappa shape index (κ2) is 16.8. The van der Waals surface area contributed by atoms with Crippen LogP contribution in [0.2, 0.25) is 0 Å². The highest BCUT2D eigenvalue weighted by Crippen LogP contribution is 2.43. The summed E-state index contributed by atoms with van der Waals surface area (Å²) in [7, 11) is 0. The van der Waals surface area contributed by atoms with Crippen LogP contribution in [0.5, 0.6) is 0 Å². The largest absolute Gasteiger partial charge is 0.405 e. The molecule has 0 saturated heterocycles. The van der Waals surface area contributed by atoms with Gasteiger partial charge >= 0.3 is 0 Å². The minimum Gasteiger partial charge on any atom is -0.405 e. The Morgan fingerprint density at radius 1 is 0.623 bits per heavy atom. The van der Waals surface area contributed by atoms with Crippen LogP contribution in [0.25, 0.3) is 98.8 Å². The van der Waals surface area contributed by atoms with Crippen molar-refractivity contribution in [2.24, 2.45) is 5.73 Å². The van der Waals surface area contributed by atoms with Crippen molar-refractivity contribution in [3.63, 3.8) is 0 Å². The first-order valence-electron chi connectivity index (χ1n) is 20.6. The van der Waals surface area contributed by atoms with Crippen LogP contribution in [0, 0.1) is 5.41 Å². The van der Waals surface area contributed by atoms with Crippen molar-refractivity contribution in [2.45, 2.75) is 26.3 Å². The lowest BCUT2D eigenvalue weighted by atomic mass is 9.84. The average molecular weight is 791 g/mol. The van der Waals surface area contributed by atoms with Gasteiger partial charge in [0.1, 0.15) is 0 Å². The number of aromatic nitrogens is 4. The van der Waals surface area contributed by atoms with E-state index < -0.39 is 0 Å². The van der Waals surface area contributed by atoms with E-state index >= 15 is 0 Å². The zero-order valence-corrected chi connectivity index (χ0v) is 34.2. The van der Waals surface area contributed by atoms with E-state index in [1.807, 2.05) is 24.5 Å². The highest BCUT2D eigenvalue weighted by atomic mass is 15.0. The minimum absolute atomic E-state index is 0.733. The van der Waals surface area contributed by atoms with Crippen LogP contribution in [0.15, 0.2) is 183 Å². The molecule has 0 spiro atoms. The van der Waals surface area contributed by atoms with Crippen molar-refractivity contribution < 1.29 is 0 Å². The first-order chi connectivity index (χ1) is 30.0. The molecular formula is C55H46N6. The van der Waals surface area contributed by atoms with Crippen molar-refractivity contribution in [3.05, 3.63) is 195 Å². The van der Waals surface area contributed by atoms with Gasteiger partial charge in [0.05, 0.1) is 16.9 Å². The smallest absolute Gasteiger partial charge is 0.0780 e. The summed E-state index contributed by atoms with van der Waals surface area (Å²) >= 11 is 0. The Morgan fingerprint density at radius 2 is 1.18 bits per heavy atom. The van der Waals surface area contributed by atoms with Crippen LogP contribution < -0.4 is 5.73 Å². The number of fused-ring (bicyclic) bond motifs is 11. The van der Waals surface area contributed by atoms with E-state index in [1.165, 1.54) is 82.6 Å². The van der Waals surface area contributed by atoms with Crippen LogP contribution in [0.1, 0.15) is 18.1 Å². The number of hydrogen-bond donors (Lipinski definition) is 3. The molecule has 4 heterocycles. The maximum Gasteiger partial charge on any atom is 0.0780 e. The molecule has 10 aromatic rings. The molecule has 0 fully saturated rings. The molecule has 0 bridgehead atoms. The molecule has 11 rings (SSSR count). The standard InChI is InChI=1S/C49H35N5.C4H6.C2H5N/c50-20-6-1-7-23-54-46-17-15-35(49-37-11-5-3-9-31(37)19-22-52-49)27-42(46)43-25-33-13-12-32-24-41-40-26-34(48-36-10-4-2-8-30(36)18-21-51-48)14-16-44(40)53-45(41)28-38(32)39(33)29-47(43)54;1-3-4-2;1-2-3/h1-11,14-22,24-29,53H,12-13,23,50H2;3-4H,1-2H2;2-3H,1H3/b7-1-,20-6-;;. The fourth-order valence-corrected chi connectivity index (χ4v) is 8.87. The van der Waals surface area contributed by atoms with Gasteiger partial charge in [0.25, 0.3) is 0 Å². The fraction of sp³-hybridized carbons (Fsp3) is 0.0727. The molecule has 4 aromatic heterocycles. The maximum absolute atomic E-state index is 6.08. The number of hydrogen-bond acceptors (Lipinski definition) is 4. The lowest BCUT2D eigenvalue weighted by molar-refractivity contribution is 0.897. The van der Waals surface area contributed by atoms with Gasteiger partial charge in [0.2, 0.25) is 0 Å². The Morgan fingerprint density at radius 3 is 1.82 bits per heavy atom. The Kier molecular flexibility index (Phi) is 10.7. The van der Waals surface area contributed by atoms with E-state index in [0.29, 0.717) is 0 Å². The highest BCUT2D eigenvalue weighted by Gasteiger charge is 2.22. The van der Waals surface area contributed by atoms with Gasteiger partial charge in [-0.2, -0.15) is 0 Å². The molecule has 0 radical (unpaired) electrons. The van der Waals surface area contributed by atoms with Crippen LogP contribution in [-0.2, 0) is 19.4 Å². The van der Waals surface area contributed by atoms with E-state index in [2.05, 4.69) is 150 Å². The molecule has 0 aliphatic heterocycles. The summed E-state index contributed by atoms with van der Waals surface area (Å²) in [5.41, 5.74) is 20.1. The number of nitrogens with two attached hydrogens (primary N) is 1. The van der Waals surface area contributed by atoms with Gasteiger partial charge < -0.3 is 20.7 Å². The van der Waals surface area contributed by atoms with E-state index in [4.69, 9.17) is 21.1 Å². The number of H-pyrrole nitrogens is 1. The second-order valence-corrected chi connectivity index (χ2v) is 15.1. The van der Waals surface area contributed by atoms with Gasteiger partial charge in [0.15, 0.2) is 0 Å².